The molecule has 0 aromatic carbocycles. The Balaban J connectivity index is 3.51. The van der Waals surface area contributed by atoms with Gasteiger partial charge in [0.05, 0.1) is 6.61 Å². The van der Waals surface area contributed by atoms with Crippen LogP contribution in [0.25, 0.3) is 0 Å². The van der Waals surface area contributed by atoms with Gasteiger partial charge in [-0.25, -0.2) is 0 Å². The van der Waals surface area contributed by atoms with Crippen LogP contribution in [0.2, 0.25) is 0 Å². The lowest BCUT2D eigenvalue weighted by atomic mass is 10.3. The van der Waals surface area contributed by atoms with E-state index in [0.29, 0.717) is 0 Å². The SMILES string of the molecule is CCOCCNC(=NC)NCCCCN(CC)CC. The van der Waals surface area contributed by atoms with Crippen LogP contribution in [0.4, 0.5) is 0 Å². The van der Waals surface area contributed by atoms with Crippen LogP contribution in [0.5, 0.6) is 0 Å². The number of hydrogen-bond acceptors (Lipinski definition) is 3. The van der Waals surface area contributed by atoms with E-state index in [-0.39, 0.29) is 0 Å². The Kier molecular flexibility index (Phi) is 13.0. The van der Waals surface area contributed by atoms with Crippen molar-refractivity contribution in [2.45, 2.75) is 33.6 Å². The molecule has 114 valence electrons. The van der Waals surface area contributed by atoms with E-state index in [2.05, 4.69) is 34.4 Å². The first-order valence-corrected chi connectivity index (χ1v) is 7.53. The highest BCUT2D eigenvalue weighted by atomic mass is 16.5. The molecule has 0 aromatic rings. The van der Waals surface area contributed by atoms with Gasteiger partial charge < -0.3 is 20.3 Å². The molecule has 0 fully saturated rings. The maximum absolute atomic E-state index is 5.27. The van der Waals surface area contributed by atoms with Crippen molar-refractivity contribution in [1.82, 2.24) is 15.5 Å². The van der Waals surface area contributed by atoms with Crippen molar-refractivity contribution in [1.29, 1.82) is 0 Å². The highest BCUT2D eigenvalue weighted by Crippen LogP contribution is 1.93. The zero-order valence-corrected chi connectivity index (χ0v) is 13.2. The van der Waals surface area contributed by atoms with Crippen LogP contribution >= 0.6 is 0 Å². The van der Waals surface area contributed by atoms with Crippen molar-refractivity contribution in [2.24, 2.45) is 4.99 Å². The average molecular weight is 272 g/mol. The van der Waals surface area contributed by atoms with Crippen molar-refractivity contribution in [3.63, 3.8) is 0 Å². The minimum atomic E-state index is 0.721. The van der Waals surface area contributed by atoms with E-state index in [4.69, 9.17) is 4.74 Å². The van der Waals surface area contributed by atoms with Crippen LogP contribution in [-0.2, 0) is 4.74 Å². The number of nitrogens with zero attached hydrogens (tertiary/aromatic N) is 2. The maximum atomic E-state index is 5.27. The minimum Gasteiger partial charge on any atom is -0.380 e. The molecule has 0 amide bonds. The highest BCUT2D eigenvalue weighted by Gasteiger charge is 1.99. The normalized spacial score (nSPS) is 11.9. The van der Waals surface area contributed by atoms with Gasteiger partial charge in [-0.1, -0.05) is 13.8 Å². The van der Waals surface area contributed by atoms with E-state index in [1.54, 1.807) is 7.05 Å². The van der Waals surface area contributed by atoms with Crippen molar-refractivity contribution in [2.75, 3.05) is 53.0 Å². The summed E-state index contributed by atoms with van der Waals surface area (Å²) in [6.07, 6.45) is 2.40. The number of hydrogen-bond donors (Lipinski definition) is 2. The predicted octanol–water partition coefficient (Wildman–Crippen LogP) is 1.31. The molecule has 19 heavy (non-hydrogen) atoms. The van der Waals surface area contributed by atoms with E-state index >= 15 is 0 Å². The molecular formula is C14H32N4O. The monoisotopic (exact) mass is 272 g/mol. The molecule has 5 nitrogen and oxygen atoms in total. The number of aliphatic imine (C=N–C) groups is 1. The van der Waals surface area contributed by atoms with Crippen LogP contribution in [0.15, 0.2) is 4.99 Å². The Bertz CT molecular complexity index is 217. The molecule has 0 saturated heterocycles. The summed E-state index contributed by atoms with van der Waals surface area (Å²) in [5.74, 6) is 0.863. The third-order valence-electron chi connectivity index (χ3n) is 3.05. The van der Waals surface area contributed by atoms with Gasteiger partial charge in [0.2, 0.25) is 0 Å². The zero-order chi connectivity index (χ0) is 14.3. The second-order valence-electron chi connectivity index (χ2n) is 4.36. The van der Waals surface area contributed by atoms with E-state index in [9.17, 15) is 0 Å². The van der Waals surface area contributed by atoms with E-state index in [1.165, 1.54) is 19.4 Å². The molecule has 0 unspecified atom stereocenters. The molecule has 0 aromatic heterocycles. The smallest absolute Gasteiger partial charge is 0.191 e. The van der Waals surface area contributed by atoms with Crippen molar-refractivity contribution >= 4 is 5.96 Å². The molecule has 0 atom stereocenters. The maximum Gasteiger partial charge on any atom is 0.191 e. The van der Waals surface area contributed by atoms with Gasteiger partial charge in [0, 0.05) is 26.7 Å². The summed E-state index contributed by atoms with van der Waals surface area (Å²) in [7, 11) is 1.80. The van der Waals surface area contributed by atoms with Crippen LogP contribution in [0.1, 0.15) is 33.6 Å². The number of ether oxygens (including phenoxy) is 1. The van der Waals surface area contributed by atoms with Crippen LogP contribution in [0.3, 0.4) is 0 Å². The summed E-state index contributed by atoms with van der Waals surface area (Å²) in [5.41, 5.74) is 0. The molecule has 0 radical (unpaired) electrons. The summed E-state index contributed by atoms with van der Waals surface area (Å²) >= 11 is 0. The van der Waals surface area contributed by atoms with E-state index < -0.39 is 0 Å². The molecule has 0 spiro atoms. The van der Waals surface area contributed by atoms with Crippen LogP contribution in [-0.4, -0.2) is 63.8 Å². The molecule has 5 heteroatoms. The highest BCUT2D eigenvalue weighted by molar-refractivity contribution is 5.79. The molecule has 2 N–H and O–H groups in total. The Morgan fingerprint density at radius 3 is 2.32 bits per heavy atom. The van der Waals surface area contributed by atoms with Gasteiger partial charge in [0.1, 0.15) is 0 Å². The summed E-state index contributed by atoms with van der Waals surface area (Å²) < 4.78 is 5.27. The fraction of sp³-hybridized carbons (Fsp3) is 0.929. The molecule has 0 heterocycles. The van der Waals surface area contributed by atoms with Gasteiger partial charge in [-0.2, -0.15) is 0 Å². The third kappa shape index (κ3) is 10.8. The first-order valence-electron chi connectivity index (χ1n) is 7.53. The lowest BCUT2D eigenvalue weighted by molar-refractivity contribution is 0.152. The molecular weight excluding hydrogens is 240 g/mol. The molecule has 0 aliphatic carbocycles. The summed E-state index contributed by atoms with van der Waals surface area (Å²) in [5, 5.41) is 6.55. The van der Waals surface area contributed by atoms with Crippen molar-refractivity contribution < 1.29 is 4.74 Å². The summed E-state index contributed by atoms with van der Waals surface area (Å²) in [6, 6.07) is 0. The van der Waals surface area contributed by atoms with Crippen molar-refractivity contribution in [3.8, 4) is 0 Å². The lowest BCUT2D eigenvalue weighted by Crippen LogP contribution is -2.39. The first-order chi connectivity index (χ1) is 9.28. The topological polar surface area (TPSA) is 48.9 Å². The third-order valence-corrected chi connectivity index (χ3v) is 3.05. The second kappa shape index (κ2) is 13.6. The number of unbranched alkanes of at least 4 members (excludes halogenated alkanes) is 1. The van der Waals surface area contributed by atoms with E-state index in [0.717, 1.165) is 45.4 Å². The second-order valence-corrected chi connectivity index (χ2v) is 4.36. The Morgan fingerprint density at radius 2 is 1.74 bits per heavy atom. The van der Waals surface area contributed by atoms with Gasteiger partial charge in [-0.05, 0) is 39.4 Å². The van der Waals surface area contributed by atoms with Crippen LogP contribution in [0, 0.1) is 0 Å². The number of nitrogens with one attached hydrogen (secondary N) is 2. The van der Waals surface area contributed by atoms with Gasteiger partial charge in [0.15, 0.2) is 5.96 Å². The van der Waals surface area contributed by atoms with Crippen LogP contribution < -0.4 is 10.6 Å². The molecule has 0 aliphatic rings. The standard InChI is InChI=1S/C14H32N4O/c1-5-18(6-2)12-9-8-10-16-14(15-4)17-11-13-19-7-3/h5-13H2,1-4H3,(H2,15,16,17). The summed E-state index contributed by atoms with van der Waals surface area (Å²) in [6.45, 7) is 13.2. The quantitative estimate of drug-likeness (QED) is 0.338. The Morgan fingerprint density at radius 1 is 1.05 bits per heavy atom. The largest absolute Gasteiger partial charge is 0.380 e. The average Bonchev–Trinajstić information content (AvgIpc) is 2.45. The predicted molar refractivity (Wildman–Crippen MR) is 82.9 cm³/mol. The lowest BCUT2D eigenvalue weighted by Gasteiger charge is -2.18. The Hall–Kier alpha value is -0.810. The fourth-order valence-corrected chi connectivity index (χ4v) is 1.81. The van der Waals surface area contributed by atoms with Gasteiger partial charge >= 0.3 is 0 Å². The fourth-order valence-electron chi connectivity index (χ4n) is 1.81. The van der Waals surface area contributed by atoms with Crippen molar-refractivity contribution in [3.05, 3.63) is 0 Å². The first kappa shape index (κ1) is 18.2. The van der Waals surface area contributed by atoms with E-state index in [1.807, 2.05) is 6.92 Å². The number of guanidine groups is 1. The molecule has 0 bridgehead atoms. The summed E-state index contributed by atoms with van der Waals surface area (Å²) in [4.78, 5) is 6.63. The minimum absolute atomic E-state index is 0.721. The molecule has 0 rings (SSSR count). The Labute approximate surface area is 118 Å². The zero-order valence-electron chi connectivity index (χ0n) is 13.2. The van der Waals surface area contributed by atoms with Gasteiger partial charge in [0.25, 0.3) is 0 Å². The number of rotatable bonds is 11. The molecule has 0 saturated carbocycles. The van der Waals surface area contributed by atoms with Gasteiger partial charge in [-0.15, -0.1) is 0 Å². The van der Waals surface area contributed by atoms with Gasteiger partial charge in [-0.3, -0.25) is 4.99 Å². The molecule has 0 aliphatic heterocycles.